The Morgan fingerprint density at radius 1 is 1.26 bits per heavy atom. The summed E-state index contributed by atoms with van der Waals surface area (Å²) in [4.78, 5) is 45.3. The molecule has 1 aliphatic heterocycles. The van der Waals surface area contributed by atoms with E-state index >= 15 is 0 Å². The Bertz CT molecular complexity index is 1010. The Labute approximate surface area is 180 Å². The highest BCUT2D eigenvalue weighted by Crippen LogP contribution is 2.38. The molecule has 9 nitrogen and oxygen atoms in total. The molecule has 1 aromatic heterocycles. The van der Waals surface area contributed by atoms with Crippen LogP contribution in [0.2, 0.25) is 0 Å². The van der Waals surface area contributed by atoms with Gasteiger partial charge in [-0.15, -0.1) is 0 Å². The van der Waals surface area contributed by atoms with Gasteiger partial charge in [-0.3, -0.25) is 14.4 Å². The van der Waals surface area contributed by atoms with Crippen LogP contribution in [0.25, 0.3) is 0 Å². The fourth-order valence-electron chi connectivity index (χ4n) is 4.01. The first-order valence-corrected chi connectivity index (χ1v) is 10.4. The molecule has 1 aliphatic carbocycles. The van der Waals surface area contributed by atoms with E-state index in [4.69, 9.17) is 4.74 Å². The molecular formula is C22H27N5O4. The van der Waals surface area contributed by atoms with Gasteiger partial charge in [-0.1, -0.05) is 17.7 Å². The van der Waals surface area contributed by atoms with Gasteiger partial charge >= 0.3 is 0 Å². The first-order valence-electron chi connectivity index (χ1n) is 10.4. The van der Waals surface area contributed by atoms with Gasteiger partial charge in [0.25, 0.3) is 11.8 Å². The standard InChI is InChI=1S/C22H27N5O4/c1-14-4-6-15(7-5-14)25-19(28)17-18-20(29)27(16-8-9-16)22(2,12-26(18)13-24-17)21(30)23-10-11-31-3/h4-7,13,16H,8-12H2,1-3H3,(H,23,30)(H,25,28)/t22-/m1/s1. The van der Waals surface area contributed by atoms with Crippen LogP contribution >= 0.6 is 0 Å². The summed E-state index contributed by atoms with van der Waals surface area (Å²) in [6, 6.07) is 7.38. The van der Waals surface area contributed by atoms with Gasteiger partial charge in [-0.2, -0.15) is 0 Å². The molecule has 0 saturated heterocycles. The van der Waals surface area contributed by atoms with Gasteiger partial charge in [0.05, 0.1) is 19.5 Å². The Balaban J connectivity index is 1.62. The lowest BCUT2D eigenvalue weighted by Gasteiger charge is -2.44. The Kier molecular flexibility index (Phi) is 5.53. The smallest absolute Gasteiger partial charge is 0.276 e. The average Bonchev–Trinajstić information content (AvgIpc) is 3.47. The summed E-state index contributed by atoms with van der Waals surface area (Å²) in [6.07, 6.45) is 3.14. The molecule has 0 unspecified atom stereocenters. The third-order valence-corrected chi connectivity index (χ3v) is 5.79. The van der Waals surface area contributed by atoms with Gasteiger partial charge in [-0.05, 0) is 38.8 Å². The van der Waals surface area contributed by atoms with Crippen molar-refractivity contribution in [2.24, 2.45) is 0 Å². The summed E-state index contributed by atoms with van der Waals surface area (Å²) in [7, 11) is 1.56. The second kappa shape index (κ2) is 8.14. The monoisotopic (exact) mass is 425 g/mol. The number of amides is 3. The van der Waals surface area contributed by atoms with Crippen LogP contribution in [0.3, 0.4) is 0 Å². The molecule has 31 heavy (non-hydrogen) atoms. The highest BCUT2D eigenvalue weighted by atomic mass is 16.5. The summed E-state index contributed by atoms with van der Waals surface area (Å²) in [6.45, 7) is 4.71. The fraction of sp³-hybridized carbons (Fsp3) is 0.455. The minimum absolute atomic E-state index is 0.0117. The number of nitrogens with one attached hydrogen (secondary N) is 2. The van der Waals surface area contributed by atoms with Crippen molar-refractivity contribution in [2.75, 3.05) is 25.6 Å². The minimum atomic E-state index is -1.07. The predicted molar refractivity (Wildman–Crippen MR) is 114 cm³/mol. The topological polar surface area (TPSA) is 106 Å². The number of aryl methyl sites for hydroxylation is 1. The van der Waals surface area contributed by atoms with Crippen LogP contribution in [-0.2, 0) is 16.1 Å². The number of methoxy groups -OCH3 is 1. The number of hydrogen-bond acceptors (Lipinski definition) is 5. The zero-order chi connectivity index (χ0) is 22.2. The molecule has 9 heteroatoms. The van der Waals surface area contributed by atoms with Crippen molar-refractivity contribution in [3.05, 3.63) is 47.5 Å². The van der Waals surface area contributed by atoms with E-state index in [1.54, 1.807) is 35.6 Å². The van der Waals surface area contributed by atoms with Crippen LogP contribution in [-0.4, -0.2) is 64.0 Å². The van der Waals surface area contributed by atoms with Crippen LogP contribution in [0.15, 0.2) is 30.6 Å². The van der Waals surface area contributed by atoms with E-state index in [0.29, 0.717) is 18.8 Å². The highest BCUT2D eigenvalue weighted by molar-refractivity contribution is 6.11. The van der Waals surface area contributed by atoms with Gasteiger partial charge in [0.15, 0.2) is 5.69 Å². The zero-order valence-electron chi connectivity index (χ0n) is 18.0. The predicted octanol–water partition coefficient (Wildman–Crippen LogP) is 1.58. The van der Waals surface area contributed by atoms with E-state index < -0.39 is 11.4 Å². The van der Waals surface area contributed by atoms with Crippen molar-refractivity contribution < 1.29 is 19.1 Å². The molecule has 0 radical (unpaired) electrons. The molecule has 1 saturated carbocycles. The molecular weight excluding hydrogens is 398 g/mol. The summed E-state index contributed by atoms with van der Waals surface area (Å²) in [5.41, 5.74) is 0.930. The van der Waals surface area contributed by atoms with Crippen LogP contribution in [0.4, 0.5) is 5.69 Å². The number of aromatic nitrogens is 2. The second-order valence-electron chi connectivity index (χ2n) is 8.32. The number of ether oxygens (including phenoxy) is 1. The Hall–Kier alpha value is -3.20. The van der Waals surface area contributed by atoms with E-state index in [-0.39, 0.29) is 35.8 Å². The number of imidazole rings is 1. The van der Waals surface area contributed by atoms with Crippen LogP contribution in [0.5, 0.6) is 0 Å². The molecule has 2 aliphatic rings. The first kappa shape index (κ1) is 21.0. The Morgan fingerprint density at radius 3 is 2.61 bits per heavy atom. The van der Waals surface area contributed by atoms with Crippen molar-refractivity contribution in [2.45, 2.75) is 44.8 Å². The molecule has 0 bridgehead atoms. The average molecular weight is 425 g/mol. The van der Waals surface area contributed by atoms with Crippen LogP contribution in [0, 0.1) is 6.92 Å². The van der Waals surface area contributed by atoms with E-state index in [2.05, 4.69) is 15.6 Å². The number of fused-ring (bicyclic) bond motifs is 1. The maximum absolute atomic E-state index is 13.5. The van der Waals surface area contributed by atoms with Gasteiger partial charge in [0.2, 0.25) is 5.91 Å². The SMILES string of the molecule is COCCNC(=O)[C@@]1(C)Cn2cnc(C(=O)Nc3ccc(C)cc3)c2C(=O)N1C1CC1. The van der Waals surface area contributed by atoms with Crippen molar-refractivity contribution >= 4 is 23.4 Å². The van der Waals surface area contributed by atoms with Gasteiger partial charge in [0.1, 0.15) is 11.2 Å². The molecule has 0 spiro atoms. The number of rotatable bonds is 7. The molecule has 2 N–H and O–H groups in total. The van der Waals surface area contributed by atoms with E-state index in [0.717, 1.165) is 18.4 Å². The second-order valence-corrected chi connectivity index (χ2v) is 8.32. The summed E-state index contributed by atoms with van der Waals surface area (Å²) in [5, 5.41) is 5.65. The zero-order valence-corrected chi connectivity index (χ0v) is 18.0. The Morgan fingerprint density at radius 2 is 1.97 bits per heavy atom. The van der Waals surface area contributed by atoms with Crippen molar-refractivity contribution in [3.8, 4) is 0 Å². The summed E-state index contributed by atoms with van der Waals surface area (Å²) < 4.78 is 6.62. The molecule has 1 aromatic carbocycles. The fourth-order valence-corrected chi connectivity index (χ4v) is 4.01. The normalized spacial score (nSPS) is 20.4. The van der Waals surface area contributed by atoms with E-state index in [9.17, 15) is 14.4 Å². The van der Waals surface area contributed by atoms with E-state index in [1.165, 1.54) is 6.33 Å². The molecule has 1 atom stereocenters. The number of carbonyl (C=O) groups is 3. The highest BCUT2D eigenvalue weighted by Gasteiger charge is 2.53. The molecule has 3 amide bonds. The maximum atomic E-state index is 13.5. The molecule has 4 rings (SSSR count). The molecule has 1 fully saturated rings. The summed E-state index contributed by atoms with van der Waals surface area (Å²) in [5.74, 6) is -1.03. The van der Waals surface area contributed by atoms with Gasteiger partial charge in [-0.25, -0.2) is 4.98 Å². The van der Waals surface area contributed by atoms with Crippen LogP contribution < -0.4 is 10.6 Å². The number of benzene rings is 1. The van der Waals surface area contributed by atoms with Crippen LogP contribution in [0.1, 0.15) is 46.3 Å². The largest absolute Gasteiger partial charge is 0.383 e. The van der Waals surface area contributed by atoms with Crippen molar-refractivity contribution in [1.82, 2.24) is 19.8 Å². The number of anilines is 1. The van der Waals surface area contributed by atoms with Crippen molar-refractivity contribution in [3.63, 3.8) is 0 Å². The number of hydrogen-bond donors (Lipinski definition) is 2. The molecule has 2 heterocycles. The quantitative estimate of drug-likeness (QED) is 0.656. The number of nitrogens with zero attached hydrogens (tertiary/aromatic N) is 3. The maximum Gasteiger partial charge on any atom is 0.276 e. The third kappa shape index (κ3) is 3.93. The first-order chi connectivity index (χ1) is 14.8. The molecule has 2 aromatic rings. The third-order valence-electron chi connectivity index (χ3n) is 5.79. The lowest BCUT2D eigenvalue weighted by Crippen LogP contribution is -2.65. The summed E-state index contributed by atoms with van der Waals surface area (Å²) >= 11 is 0. The van der Waals surface area contributed by atoms with Gasteiger partial charge in [0, 0.05) is 25.4 Å². The lowest BCUT2D eigenvalue weighted by atomic mass is 9.94. The molecule has 164 valence electrons. The van der Waals surface area contributed by atoms with Gasteiger partial charge < -0.3 is 24.8 Å². The number of carbonyl (C=O) groups excluding carboxylic acids is 3. The van der Waals surface area contributed by atoms with E-state index in [1.807, 2.05) is 19.1 Å². The van der Waals surface area contributed by atoms with Crippen molar-refractivity contribution in [1.29, 1.82) is 0 Å². The lowest BCUT2D eigenvalue weighted by molar-refractivity contribution is -0.133. The minimum Gasteiger partial charge on any atom is -0.383 e.